The molecule has 7 aliphatic rings. The van der Waals surface area contributed by atoms with Gasteiger partial charge < -0.3 is 33.9 Å². The van der Waals surface area contributed by atoms with Gasteiger partial charge >= 0.3 is 23.9 Å². The molecule has 5 aliphatic carbocycles. The van der Waals surface area contributed by atoms with E-state index in [4.69, 9.17) is 23.7 Å². The molecule has 6 fully saturated rings. The van der Waals surface area contributed by atoms with E-state index in [2.05, 4.69) is 0 Å². The van der Waals surface area contributed by atoms with Gasteiger partial charge in [-0.3, -0.25) is 19.2 Å². The van der Waals surface area contributed by atoms with Crippen LogP contribution in [-0.4, -0.2) is 82.1 Å². The van der Waals surface area contributed by atoms with Crippen molar-refractivity contribution in [2.24, 2.45) is 57.7 Å². The van der Waals surface area contributed by atoms with Gasteiger partial charge in [-0.25, -0.2) is 4.79 Å². The Morgan fingerprint density at radius 3 is 2.13 bits per heavy atom. The molecular formula is C34H44O12. The van der Waals surface area contributed by atoms with E-state index < -0.39 is 112 Å². The average molecular weight is 645 g/mol. The van der Waals surface area contributed by atoms with Crippen LogP contribution in [0.15, 0.2) is 11.8 Å². The van der Waals surface area contributed by atoms with Crippen molar-refractivity contribution in [1.82, 2.24) is 0 Å². The standard InChI is InChI=1S/C34H44O12/c1-12-9-20-33(7,34(8,41)30(40)46-20)24-22(12)32(6)19(42-13(2)35)11-16-21(23(32)28(24)43-14(3)36)26(39)25(38)17-10-18-27(45-18)29(31(16,17)5)44-15(4)37/h9,12,16-19,21-24,26-29,39,41H,10-11H2,1-8H3/t12-,16+,17?,18+,19+,21-,22+,23-,24-,26-,27+,28-,29+,31-,32-,33+,34-/m1/s1. The highest BCUT2D eigenvalue weighted by Gasteiger charge is 2.81. The van der Waals surface area contributed by atoms with Gasteiger partial charge in [0.15, 0.2) is 11.4 Å². The van der Waals surface area contributed by atoms with Gasteiger partial charge in [0.25, 0.3) is 0 Å². The zero-order valence-electron chi connectivity index (χ0n) is 27.5. The third-order valence-electron chi connectivity index (χ3n) is 13.8. The molecule has 12 nitrogen and oxygen atoms in total. The quantitative estimate of drug-likeness (QED) is 0.260. The molecule has 12 heteroatoms. The second kappa shape index (κ2) is 9.63. The molecule has 0 radical (unpaired) electrons. The molecule has 0 aromatic carbocycles. The van der Waals surface area contributed by atoms with Crippen LogP contribution in [0.3, 0.4) is 0 Å². The summed E-state index contributed by atoms with van der Waals surface area (Å²) in [5.74, 6) is -6.84. The molecule has 17 atom stereocenters. The van der Waals surface area contributed by atoms with Crippen molar-refractivity contribution < 1.29 is 57.9 Å². The van der Waals surface area contributed by atoms with Crippen LogP contribution in [0, 0.1) is 57.7 Å². The molecule has 46 heavy (non-hydrogen) atoms. The van der Waals surface area contributed by atoms with Crippen LogP contribution in [0.5, 0.6) is 0 Å². The summed E-state index contributed by atoms with van der Waals surface area (Å²) in [6.07, 6.45) is -2.31. The summed E-state index contributed by atoms with van der Waals surface area (Å²) in [5, 5.41) is 23.9. The number of fused-ring (bicyclic) bond motifs is 10. The number of hydrogen-bond donors (Lipinski definition) is 2. The van der Waals surface area contributed by atoms with E-state index in [1.165, 1.54) is 27.7 Å². The van der Waals surface area contributed by atoms with Gasteiger partial charge in [-0.05, 0) is 50.5 Å². The van der Waals surface area contributed by atoms with Crippen molar-refractivity contribution in [2.75, 3.05) is 0 Å². The lowest BCUT2D eigenvalue weighted by Gasteiger charge is -2.63. The number of ether oxygens (including phenoxy) is 5. The van der Waals surface area contributed by atoms with E-state index in [0.29, 0.717) is 6.42 Å². The zero-order valence-corrected chi connectivity index (χ0v) is 27.5. The van der Waals surface area contributed by atoms with E-state index in [-0.39, 0.29) is 30.0 Å². The first-order valence-electron chi connectivity index (χ1n) is 16.4. The number of aliphatic hydroxyl groups is 2. The number of allylic oxidation sites excluding steroid dienone is 1. The smallest absolute Gasteiger partial charge is 0.343 e. The van der Waals surface area contributed by atoms with Gasteiger partial charge in [0.1, 0.15) is 36.3 Å². The molecule has 7 rings (SSSR count). The van der Waals surface area contributed by atoms with E-state index in [1.54, 1.807) is 6.92 Å². The Hall–Kier alpha value is -2.83. The lowest BCUT2D eigenvalue weighted by Crippen LogP contribution is -2.70. The molecule has 0 bridgehead atoms. The van der Waals surface area contributed by atoms with Crippen LogP contribution in [0.25, 0.3) is 0 Å². The number of rotatable bonds is 3. The number of ketones is 1. The third-order valence-corrected chi connectivity index (χ3v) is 13.8. The molecule has 0 aromatic rings. The van der Waals surface area contributed by atoms with Crippen molar-refractivity contribution in [2.45, 2.75) is 110 Å². The average Bonchev–Trinajstić information content (AvgIpc) is 3.63. The first kappa shape index (κ1) is 31.8. The maximum atomic E-state index is 14.3. The van der Waals surface area contributed by atoms with Crippen LogP contribution in [0.1, 0.15) is 68.2 Å². The van der Waals surface area contributed by atoms with Crippen molar-refractivity contribution in [3.63, 3.8) is 0 Å². The molecule has 0 amide bonds. The van der Waals surface area contributed by atoms with Gasteiger partial charge in [0, 0.05) is 55.3 Å². The number of carbonyl (C=O) groups is 5. The molecular weight excluding hydrogens is 600 g/mol. The molecule has 1 unspecified atom stereocenters. The maximum Gasteiger partial charge on any atom is 0.343 e. The predicted molar refractivity (Wildman–Crippen MR) is 155 cm³/mol. The fourth-order valence-electron chi connectivity index (χ4n) is 11.8. The van der Waals surface area contributed by atoms with Crippen LogP contribution in [0.2, 0.25) is 0 Å². The summed E-state index contributed by atoms with van der Waals surface area (Å²) in [6.45, 7) is 12.8. The Labute approximate surface area is 267 Å². The number of hydrogen-bond acceptors (Lipinski definition) is 12. The minimum Gasteiger partial charge on any atom is -0.462 e. The van der Waals surface area contributed by atoms with E-state index in [9.17, 15) is 34.2 Å². The Morgan fingerprint density at radius 1 is 0.891 bits per heavy atom. The molecule has 2 N–H and O–H groups in total. The van der Waals surface area contributed by atoms with Crippen molar-refractivity contribution in [1.29, 1.82) is 0 Å². The summed E-state index contributed by atoms with van der Waals surface area (Å²) in [4.78, 5) is 65.7. The van der Waals surface area contributed by atoms with Crippen LogP contribution < -0.4 is 0 Å². The molecule has 2 saturated heterocycles. The summed E-state index contributed by atoms with van der Waals surface area (Å²) in [6, 6.07) is 0. The molecule has 2 aliphatic heterocycles. The Morgan fingerprint density at radius 2 is 1.52 bits per heavy atom. The summed E-state index contributed by atoms with van der Waals surface area (Å²) in [5.41, 5.74) is -5.36. The van der Waals surface area contributed by atoms with Crippen LogP contribution in [0.4, 0.5) is 0 Å². The SMILES string of the molecule is CC(=O)O[C@@H]1[C@H]2[C@@H]3[C@@H](O)C(=O)C4C[C@@H]5O[C@@H]5[C@H](OC(C)=O)[C@]4(C)[C@H]3C[C@H](OC(C)=O)[C@]2(C)[C@@H]2[C@H]1[C@]1(C)C(=C[C@H]2C)OC(=O)[C@@]1(C)O. The first-order chi connectivity index (χ1) is 21.3. The predicted octanol–water partition coefficient (Wildman–Crippen LogP) is 1.87. The lowest BCUT2D eigenvalue weighted by atomic mass is 9.42. The number of aliphatic hydroxyl groups excluding tert-OH is 1. The topological polar surface area (TPSA) is 175 Å². The second-order valence-corrected chi connectivity index (χ2v) is 15.8. The van der Waals surface area contributed by atoms with Gasteiger partial charge in [-0.2, -0.15) is 0 Å². The summed E-state index contributed by atoms with van der Waals surface area (Å²) >= 11 is 0. The molecule has 252 valence electrons. The fraction of sp³-hybridized carbons (Fsp3) is 0.794. The van der Waals surface area contributed by atoms with E-state index in [0.717, 1.165) is 0 Å². The largest absolute Gasteiger partial charge is 0.462 e. The minimum atomic E-state index is -2.00. The number of Topliss-reactive ketones (excluding diaryl/α,β-unsaturated/α-hetero) is 1. The lowest BCUT2D eigenvalue weighted by molar-refractivity contribution is -0.235. The van der Waals surface area contributed by atoms with Crippen LogP contribution >= 0.6 is 0 Å². The molecule has 4 saturated carbocycles. The van der Waals surface area contributed by atoms with Crippen molar-refractivity contribution in [3.05, 3.63) is 11.8 Å². The highest BCUT2D eigenvalue weighted by Crippen LogP contribution is 2.75. The maximum absolute atomic E-state index is 14.3. The van der Waals surface area contributed by atoms with Gasteiger partial charge in [-0.1, -0.05) is 20.8 Å². The Kier molecular flexibility index (Phi) is 6.64. The summed E-state index contributed by atoms with van der Waals surface area (Å²) < 4.78 is 29.9. The van der Waals surface area contributed by atoms with E-state index in [1.807, 2.05) is 26.8 Å². The minimum absolute atomic E-state index is 0.242. The molecule has 0 aromatic heterocycles. The van der Waals surface area contributed by atoms with Gasteiger partial charge in [0.2, 0.25) is 0 Å². The normalized spacial score (nSPS) is 54.4. The highest BCUT2D eigenvalue weighted by molar-refractivity contribution is 5.88. The third kappa shape index (κ3) is 3.69. The Balaban J connectivity index is 1.46. The fourth-order valence-corrected chi connectivity index (χ4v) is 11.8. The molecule has 2 heterocycles. The van der Waals surface area contributed by atoms with Crippen LogP contribution in [-0.2, 0) is 47.7 Å². The number of epoxide rings is 1. The monoisotopic (exact) mass is 644 g/mol. The van der Waals surface area contributed by atoms with E-state index >= 15 is 0 Å². The molecule has 0 spiro atoms. The Bertz CT molecular complexity index is 1470. The van der Waals surface area contributed by atoms with Gasteiger partial charge in [-0.15, -0.1) is 0 Å². The highest BCUT2D eigenvalue weighted by atomic mass is 16.6. The number of carbonyl (C=O) groups excluding carboxylic acids is 5. The van der Waals surface area contributed by atoms with Crippen molar-refractivity contribution in [3.8, 4) is 0 Å². The number of esters is 4. The zero-order chi connectivity index (χ0) is 33.6. The second-order valence-electron chi connectivity index (χ2n) is 15.8. The van der Waals surface area contributed by atoms with Gasteiger partial charge in [0.05, 0.1) is 11.5 Å². The summed E-state index contributed by atoms with van der Waals surface area (Å²) in [7, 11) is 0. The van der Waals surface area contributed by atoms with Crippen molar-refractivity contribution >= 4 is 29.7 Å². The first-order valence-corrected chi connectivity index (χ1v) is 16.4.